The monoisotopic (exact) mass is 484 g/mol. The van der Waals surface area contributed by atoms with Crippen molar-refractivity contribution in [2.45, 2.75) is 24.9 Å². The fourth-order valence-corrected chi connectivity index (χ4v) is 5.76. The van der Waals surface area contributed by atoms with Crippen LogP contribution in [-0.2, 0) is 11.2 Å². The number of rotatable bonds is 5. The van der Waals surface area contributed by atoms with E-state index in [9.17, 15) is 14.7 Å². The number of likely N-dealkylation sites (tertiary alicyclic amines) is 1. The van der Waals surface area contributed by atoms with Crippen LogP contribution in [0.5, 0.6) is 0 Å². The third kappa shape index (κ3) is 4.24. The summed E-state index contributed by atoms with van der Waals surface area (Å²) in [6.07, 6.45) is 2.81. The van der Waals surface area contributed by atoms with Crippen molar-refractivity contribution in [1.82, 2.24) is 14.8 Å². The molecule has 1 aromatic heterocycles. The fraction of sp³-hybridized carbons (Fsp3) is 0.345. The maximum Gasteiger partial charge on any atom is 0.253 e. The summed E-state index contributed by atoms with van der Waals surface area (Å²) < 4.78 is 0. The molecule has 7 heteroatoms. The molecule has 2 aliphatic rings. The number of amides is 2. The van der Waals surface area contributed by atoms with E-state index in [2.05, 4.69) is 28.1 Å². The number of aromatic nitrogens is 1. The molecule has 1 N–H and O–H groups in total. The Morgan fingerprint density at radius 3 is 2.58 bits per heavy atom. The lowest BCUT2D eigenvalue weighted by Crippen LogP contribution is -2.48. The molecule has 3 heterocycles. The van der Waals surface area contributed by atoms with Gasteiger partial charge >= 0.3 is 0 Å². The molecule has 0 spiro atoms. The Balaban J connectivity index is 1.54. The van der Waals surface area contributed by atoms with Gasteiger partial charge in [0.05, 0.1) is 25.1 Å². The van der Waals surface area contributed by atoms with Gasteiger partial charge in [0, 0.05) is 56.7 Å². The third-order valence-corrected chi connectivity index (χ3v) is 7.58. The molecule has 186 valence electrons. The van der Waals surface area contributed by atoms with Crippen molar-refractivity contribution in [3.05, 3.63) is 83.7 Å². The Morgan fingerprint density at radius 2 is 1.86 bits per heavy atom. The lowest BCUT2D eigenvalue weighted by atomic mass is 9.81. The van der Waals surface area contributed by atoms with E-state index in [1.165, 1.54) is 0 Å². The maximum absolute atomic E-state index is 13.5. The van der Waals surface area contributed by atoms with Gasteiger partial charge in [0.15, 0.2) is 0 Å². The summed E-state index contributed by atoms with van der Waals surface area (Å²) in [7, 11) is 5.51. The fourth-order valence-electron chi connectivity index (χ4n) is 5.76. The van der Waals surface area contributed by atoms with Crippen LogP contribution in [0.25, 0.3) is 11.1 Å². The van der Waals surface area contributed by atoms with Gasteiger partial charge in [-0.15, -0.1) is 0 Å². The number of benzene rings is 2. The van der Waals surface area contributed by atoms with Crippen LogP contribution in [0.15, 0.2) is 66.9 Å². The minimum atomic E-state index is -0.115. The zero-order valence-electron chi connectivity index (χ0n) is 21.0. The van der Waals surface area contributed by atoms with E-state index in [1.54, 1.807) is 25.2 Å². The van der Waals surface area contributed by atoms with Crippen LogP contribution in [0, 0.1) is 5.92 Å². The molecule has 5 rings (SSSR count). The van der Waals surface area contributed by atoms with Crippen LogP contribution in [0.3, 0.4) is 0 Å². The lowest BCUT2D eigenvalue weighted by Gasteiger charge is -2.44. The highest BCUT2D eigenvalue weighted by Crippen LogP contribution is 2.49. The summed E-state index contributed by atoms with van der Waals surface area (Å²) in [5.41, 5.74) is 5.46. The van der Waals surface area contributed by atoms with E-state index < -0.39 is 0 Å². The van der Waals surface area contributed by atoms with Gasteiger partial charge < -0.3 is 19.8 Å². The molecule has 0 unspecified atom stereocenters. The number of nitrogens with zero attached hydrogens (tertiary/aromatic N) is 4. The van der Waals surface area contributed by atoms with E-state index >= 15 is 0 Å². The molecule has 0 bridgehead atoms. The van der Waals surface area contributed by atoms with Gasteiger partial charge in [-0.25, -0.2) is 0 Å². The second kappa shape index (κ2) is 9.74. The number of hydrogen-bond acceptors (Lipinski definition) is 5. The number of hydrogen-bond donors (Lipinski definition) is 1. The zero-order valence-corrected chi connectivity index (χ0v) is 21.0. The average Bonchev–Trinajstić information content (AvgIpc) is 3.34. The van der Waals surface area contributed by atoms with Gasteiger partial charge in [-0.3, -0.25) is 14.6 Å². The van der Waals surface area contributed by atoms with Crippen molar-refractivity contribution in [1.29, 1.82) is 0 Å². The van der Waals surface area contributed by atoms with Gasteiger partial charge in [0.2, 0.25) is 5.91 Å². The van der Waals surface area contributed by atoms with Crippen LogP contribution >= 0.6 is 0 Å². The largest absolute Gasteiger partial charge is 0.394 e. The van der Waals surface area contributed by atoms with Crippen molar-refractivity contribution in [3.8, 4) is 11.1 Å². The van der Waals surface area contributed by atoms with Crippen LogP contribution in [-0.4, -0.2) is 72.0 Å². The summed E-state index contributed by atoms with van der Waals surface area (Å²) in [6, 6.07) is 19.4. The summed E-state index contributed by atoms with van der Waals surface area (Å²) in [6.45, 7) is 0.692. The average molecular weight is 485 g/mol. The van der Waals surface area contributed by atoms with Crippen molar-refractivity contribution in [2.24, 2.45) is 5.92 Å². The molecule has 2 aliphatic heterocycles. The first-order valence-electron chi connectivity index (χ1n) is 12.4. The van der Waals surface area contributed by atoms with Crippen LogP contribution in [0.4, 0.5) is 5.69 Å². The molecule has 2 amide bonds. The maximum atomic E-state index is 13.5. The van der Waals surface area contributed by atoms with Gasteiger partial charge in [-0.2, -0.15) is 0 Å². The Labute approximate surface area is 212 Å². The van der Waals surface area contributed by atoms with Gasteiger partial charge in [0.25, 0.3) is 5.91 Å². The molecule has 36 heavy (non-hydrogen) atoms. The van der Waals surface area contributed by atoms with Gasteiger partial charge in [0.1, 0.15) is 0 Å². The van der Waals surface area contributed by atoms with E-state index in [0.29, 0.717) is 12.1 Å². The molecule has 3 atom stereocenters. The molecular formula is C29H32N4O3. The minimum Gasteiger partial charge on any atom is -0.394 e. The number of pyridine rings is 1. The number of carbonyl (C=O) groups is 2. The van der Waals surface area contributed by atoms with Gasteiger partial charge in [-0.05, 0) is 59.5 Å². The molecule has 0 aliphatic carbocycles. The Morgan fingerprint density at radius 1 is 1.06 bits per heavy atom. The first-order chi connectivity index (χ1) is 17.4. The predicted octanol–water partition coefficient (Wildman–Crippen LogP) is 3.39. The SMILES string of the molecule is CN(C)C(=O)c1cccc(-c2ccc3c(c2)[C@H]2[C@H](CCN2C(=O)Cc2ccccn2)[C@@H](CO)N3C)c1. The quantitative estimate of drug-likeness (QED) is 0.601. The number of aliphatic hydroxyl groups is 1. The summed E-state index contributed by atoms with van der Waals surface area (Å²) in [4.78, 5) is 36.0. The molecular weight excluding hydrogens is 452 g/mol. The number of fused-ring (bicyclic) bond motifs is 3. The normalized spacial score (nSPS) is 20.6. The van der Waals surface area contributed by atoms with Crippen molar-refractivity contribution in [3.63, 3.8) is 0 Å². The minimum absolute atomic E-state index is 0.0375. The third-order valence-electron chi connectivity index (χ3n) is 7.58. The van der Waals surface area contributed by atoms with Gasteiger partial charge in [-0.1, -0.05) is 24.3 Å². The van der Waals surface area contributed by atoms with E-state index in [-0.39, 0.29) is 42.8 Å². The van der Waals surface area contributed by atoms with Crippen LogP contribution in [0.2, 0.25) is 0 Å². The predicted molar refractivity (Wildman–Crippen MR) is 140 cm³/mol. The Bertz CT molecular complexity index is 1280. The highest BCUT2D eigenvalue weighted by atomic mass is 16.3. The van der Waals surface area contributed by atoms with Crippen molar-refractivity contribution in [2.75, 3.05) is 39.2 Å². The standard InChI is InChI=1S/C29H32N4O3/c1-31(2)29(36)21-8-6-7-19(15-21)20-10-11-25-24(16-20)28-23(26(18-34)32(25)3)12-14-33(28)27(35)17-22-9-4-5-13-30-22/h4-11,13,15-16,23,26,28,34H,12,14,17-18H2,1-3H3/t23-,26-,28-/m1/s1. The second-order valence-corrected chi connectivity index (χ2v) is 9.90. The summed E-state index contributed by atoms with van der Waals surface area (Å²) in [5, 5.41) is 10.3. The number of carbonyl (C=O) groups excluding carboxylic acids is 2. The highest BCUT2D eigenvalue weighted by molar-refractivity contribution is 5.95. The first kappa shape index (κ1) is 24.0. The smallest absolute Gasteiger partial charge is 0.253 e. The lowest BCUT2D eigenvalue weighted by molar-refractivity contribution is -0.132. The Kier molecular flexibility index (Phi) is 6.49. The second-order valence-electron chi connectivity index (χ2n) is 9.90. The van der Waals surface area contributed by atoms with Crippen LogP contribution < -0.4 is 4.90 Å². The summed E-state index contributed by atoms with van der Waals surface area (Å²) >= 11 is 0. The van der Waals surface area contributed by atoms with E-state index in [4.69, 9.17) is 0 Å². The van der Waals surface area contributed by atoms with Crippen molar-refractivity contribution >= 4 is 17.5 Å². The Hall–Kier alpha value is -3.71. The molecule has 2 aromatic carbocycles. The number of aliphatic hydroxyl groups excluding tert-OH is 1. The van der Waals surface area contributed by atoms with E-state index in [0.717, 1.165) is 34.5 Å². The first-order valence-corrected chi connectivity index (χ1v) is 12.4. The number of anilines is 1. The molecule has 0 radical (unpaired) electrons. The molecule has 0 saturated carbocycles. The molecule has 1 saturated heterocycles. The summed E-state index contributed by atoms with van der Waals surface area (Å²) in [5.74, 6) is 0.150. The number of likely N-dealkylation sites (N-methyl/N-ethyl adjacent to an activating group) is 1. The topological polar surface area (TPSA) is 77.0 Å². The molecule has 3 aromatic rings. The molecule has 7 nitrogen and oxygen atoms in total. The highest BCUT2D eigenvalue weighted by Gasteiger charge is 2.47. The zero-order chi connectivity index (χ0) is 25.4. The van der Waals surface area contributed by atoms with Crippen molar-refractivity contribution < 1.29 is 14.7 Å². The molecule has 1 fully saturated rings. The van der Waals surface area contributed by atoms with E-state index in [1.807, 2.05) is 54.4 Å². The van der Waals surface area contributed by atoms with Crippen LogP contribution in [0.1, 0.15) is 34.1 Å².